The molecule has 0 amide bonds. The Morgan fingerprint density at radius 1 is 0.358 bits per heavy atom. The van der Waals surface area contributed by atoms with Gasteiger partial charge in [0.25, 0.3) is 0 Å². The third-order valence-electron chi connectivity index (χ3n) is 20.6. The van der Waals surface area contributed by atoms with Crippen molar-refractivity contribution in [1.29, 1.82) is 0 Å². The zero-order valence-electron chi connectivity index (χ0n) is 125. The topological polar surface area (TPSA) is 296 Å². The lowest BCUT2D eigenvalue weighted by molar-refractivity contribution is -0.161. The van der Waals surface area contributed by atoms with Crippen LogP contribution < -0.4 is 60.8 Å². The molecule has 4 saturated heterocycles. The number of hydrogen-bond donors (Lipinski definition) is 4. The molecule has 672 valence electrons. The van der Waals surface area contributed by atoms with Gasteiger partial charge in [0, 0.05) is 180 Å². The highest BCUT2D eigenvalue weighted by Gasteiger charge is 2.47. The van der Waals surface area contributed by atoms with Crippen molar-refractivity contribution in [2.45, 2.75) is 260 Å². The van der Waals surface area contributed by atoms with Crippen molar-refractivity contribution in [2.75, 3.05) is 109 Å². The molecule has 4 fully saturated rings. The molecular weight excluding hydrogens is 1520 g/mol. The number of esters is 4. The van der Waals surface area contributed by atoms with Crippen molar-refractivity contribution >= 4 is 23.9 Å². The van der Waals surface area contributed by atoms with Gasteiger partial charge in [-0.25, -0.2) is 0 Å². The van der Waals surface area contributed by atoms with Crippen LogP contribution in [0, 0.1) is 70.9 Å². The van der Waals surface area contributed by atoms with Crippen molar-refractivity contribution in [3.8, 4) is 46.0 Å². The molecule has 0 spiro atoms. The molecule has 8 aliphatic rings. The van der Waals surface area contributed by atoms with E-state index in [1.54, 1.807) is 55.4 Å². The third kappa shape index (κ3) is 23.8. The quantitative estimate of drug-likeness (QED) is 0.0303. The molecule has 4 aromatic rings. The lowest BCUT2D eigenvalue weighted by atomic mass is 9.79. The Hall–Kier alpha value is -7.16. The summed E-state index contributed by atoms with van der Waals surface area (Å²) >= 11 is 0. The molecule has 0 bridgehead atoms. The first-order chi connectivity index (χ1) is 77.4. The van der Waals surface area contributed by atoms with Crippen molar-refractivity contribution in [3.63, 3.8) is 0 Å². The monoisotopic (exact) mass is 1730 g/mol. The molecule has 0 radical (unpaired) electrons. The molecule has 8 aliphatic heterocycles. The second-order valence-electron chi connectivity index (χ2n) is 30.6. The Labute approximate surface area is 794 Å². The summed E-state index contributed by atoms with van der Waals surface area (Å²) in [5, 5.41) is 0. The first-order valence-electron chi connectivity index (χ1n) is 65.8. The number of benzene rings is 4. The van der Waals surface area contributed by atoms with Gasteiger partial charge in [-0.05, 0) is 191 Å². The highest BCUT2D eigenvalue weighted by atomic mass is 16.6. The lowest BCUT2D eigenvalue weighted by Crippen LogP contribution is -2.51. The summed E-state index contributed by atoms with van der Waals surface area (Å²) < 4.78 is 525. The van der Waals surface area contributed by atoms with Crippen LogP contribution in [0.5, 0.6) is 46.0 Å². The molecule has 120 heavy (non-hydrogen) atoms. The van der Waals surface area contributed by atoms with Crippen LogP contribution in [0.1, 0.15) is 304 Å². The SMILES string of the molecule is [2H]C([2H])([2H])Oc1cc2c(cc1OC)C1([2H])CC([2H])(OC(=O)[C@@H](N)C(C)C)C(C([2H])([2H])C([2H])(C)C([2H])([2H])[2H])CN1C([2H])([2H])C2([2H])[2H].[2H]C([2H])([2H])Oc1cc2c(cc1OC)C1([2H])CC([2H])(OC(=O)[C@@H](N)C(C)C)C(C([2H])([2H])C([2H])(C)C([2H])([2H])[2H])CN1C([2H])([2H])C2([2H])[2H].[2H]C1(OC(=O)[C@@H](N)C(C)C)CC2([2H])c3cc(OC)c(OC)cc3C([2H])([2H])C([2H])([2H])N2CC1C([2H])([2H])C([2H])(C)C([2H])([2H])[2H].[2H]C1(OC(=O)[C@@H](N)C(C)C)CC2([2H])c3cc(OC)c(OC)cc3C([2H])([2H])C([2H])([2H])N2CC1C([2H])([2H])C([2H])(C)C([2H])([2H])[2H]. The molecule has 20 atom stereocenters. The Kier molecular flexibility index (Phi) is 16.9. The molecule has 0 aromatic heterocycles. The van der Waals surface area contributed by atoms with Gasteiger partial charge < -0.3 is 79.8 Å². The smallest absolute Gasteiger partial charge is 0.323 e. The van der Waals surface area contributed by atoms with E-state index >= 15 is 0 Å². The summed E-state index contributed by atoms with van der Waals surface area (Å²) in [5.74, 6) is -28.0. The predicted octanol–water partition coefficient (Wildman–Crippen LogP) is 14.3. The maximum atomic E-state index is 13.1. The van der Waals surface area contributed by atoms with E-state index < -0.39 is 360 Å². The van der Waals surface area contributed by atoms with Gasteiger partial charge in [0.2, 0.25) is 0 Å². The van der Waals surface area contributed by atoms with E-state index in [4.69, 9.17) is 143 Å². The summed E-state index contributed by atoms with van der Waals surface area (Å²) in [6.07, 6.45) is -39.8. The number of ether oxygens (including phenoxy) is 12. The van der Waals surface area contributed by atoms with Gasteiger partial charge in [-0.1, -0.05) is 110 Å². The number of piperidine rings is 4. The highest BCUT2D eigenvalue weighted by molar-refractivity contribution is 5.77. The molecule has 0 aliphatic carbocycles. The first-order valence-corrected chi connectivity index (χ1v) is 38.8. The van der Waals surface area contributed by atoms with Crippen LogP contribution in [-0.4, -0.2) is 201 Å². The predicted molar refractivity (Wildman–Crippen MR) is 471 cm³/mol. The van der Waals surface area contributed by atoms with Crippen LogP contribution in [0.15, 0.2) is 48.5 Å². The fourth-order valence-corrected chi connectivity index (χ4v) is 13.6. The molecule has 24 nitrogen and oxygen atoms in total. The minimum absolute atomic E-state index is 0.0483. The van der Waals surface area contributed by atoms with Crippen LogP contribution in [0.2, 0.25) is 0 Å². The number of rotatable bonds is 28. The maximum Gasteiger partial charge on any atom is 0.323 e. The van der Waals surface area contributed by atoms with Crippen LogP contribution >= 0.6 is 0 Å². The molecule has 8 N–H and O–H groups in total. The Morgan fingerprint density at radius 3 is 0.725 bits per heavy atom. The van der Waals surface area contributed by atoms with E-state index in [0.717, 1.165) is 66.2 Å². The van der Waals surface area contributed by atoms with Gasteiger partial charge in [0.15, 0.2) is 46.0 Å². The average molecular weight is 1730 g/mol. The first kappa shape index (κ1) is 46.2. The summed E-state index contributed by atoms with van der Waals surface area (Å²) in [5.41, 5.74) is 21.2. The number of hydrogen-bond acceptors (Lipinski definition) is 24. The summed E-state index contributed by atoms with van der Waals surface area (Å²) in [7, 11) is 1.41. The third-order valence-corrected chi connectivity index (χ3v) is 20.6. The Balaban J connectivity index is 0.000000254. The summed E-state index contributed by atoms with van der Waals surface area (Å²) in [6.45, 7) is -13.7. The van der Waals surface area contributed by atoms with Crippen molar-refractivity contribution in [1.82, 2.24) is 19.6 Å². The van der Waals surface area contributed by atoms with E-state index in [9.17, 15) is 30.1 Å². The van der Waals surface area contributed by atoms with Gasteiger partial charge in [0.1, 0.15) is 48.5 Å². The molecular formula is C96H152N8O16. The van der Waals surface area contributed by atoms with Crippen molar-refractivity contribution in [3.05, 3.63) is 93.0 Å². The Morgan fingerprint density at radius 2 is 0.550 bits per heavy atom. The molecule has 8 heterocycles. The van der Waals surface area contributed by atoms with E-state index in [1.807, 2.05) is 0 Å². The summed E-state index contributed by atoms with van der Waals surface area (Å²) in [6, 6.07) is -6.25. The van der Waals surface area contributed by atoms with E-state index in [0.29, 0.717) is 19.6 Å². The number of fused-ring (bicyclic) bond motifs is 12. The van der Waals surface area contributed by atoms with Crippen molar-refractivity contribution < 1.29 is 150 Å². The van der Waals surface area contributed by atoms with Gasteiger partial charge in [-0.3, -0.25) is 38.8 Å². The van der Waals surface area contributed by atoms with Gasteiger partial charge >= 0.3 is 23.9 Å². The van der Waals surface area contributed by atoms with Crippen LogP contribution in [0.3, 0.4) is 0 Å². The molecule has 0 saturated carbocycles. The normalized spacial score (nSPS) is 42.9. The van der Waals surface area contributed by atoms with Gasteiger partial charge in [-0.2, -0.15) is 0 Å². The van der Waals surface area contributed by atoms with Crippen LogP contribution in [0.4, 0.5) is 0 Å². The van der Waals surface area contributed by atoms with Gasteiger partial charge in [-0.15, -0.1) is 0 Å². The second kappa shape index (κ2) is 43.9. The standard InChI is InChI=1S/4C24H38N2O4/c4*1-14(2)9-17-13-26-8-7-16-10-21(28-5)22(29-6)11-18(16)19(26)12-20(17)30-24(27)23(25)15(3)4/h4*10-11,14-15,17,19-20,23H,7-9,12-13,25H2,1-6H3/t4*17?,19?,20?,23-/m0000/s1/i2*1D3,5D3,7D2,8D2,9D2,14D,19D,20D;2*1D3,7D2,8D2,9D2,14D,19D,20D/t4*14?,17?,19?,20?,23-. The number of nitrogens with zero attached hydrogens (tertiary/aromatic N) is 4. The number of carbonyl (C=O) groups is 4. The van der Waals surface area contributed by atoms with E-state index in [-0.39, 0.29) is 67.9 Å². The molecule has 16 unspecified atom stereocenters. The summed E-state index contributed by atoms with van der Waals surface area (Å²) in [4.78, 5) is 55.1. The fourth-order valence-electron chi connectivity index (χ4n) is 13.6. The van der Waals surface area contributed by atoms with E-state index in [1.165, 1.54) is 52.7 Å². The fraction of sp³-hybridized carbons (Fsp3) is 0.708. The number of methoxy groups -OCH3 is 8. The minimum Gasteiger partial charge on any atom is -0.493 e. The van der Waals surface area contributed by atoms with E-state index in [2.05, 4.69) is 0 Å². The zero-order chi connectivity index (χ0) is 136. The molecule has 4 aromatic carbocycles. The zero-order valence-corrected chi connectivity index (χ0v) is 70.8. The maximum absolute atomic E-state index is 13.1. The number of carbonyl (C=O) groups excluding carboxylic acids is 4. The molecule has 24 heteroatoms. The number of nitrogens with two attached hydrogens (primary N) is 4. The average Bonchev–Trinajstić information content (AvgIpc) is 0.680. The number of aryl methyl sites for hydroxylation is 4. The minimum atomic E-state index is -3.29. The van der Waals surface area contributed by atoms with Crippen LogP contribution in [0.25, 0.3) is 0 Å². The Bertz CT molecular complexity index is 6230. The van der Waals surface area contributed by atoms with Crippen molar-refractivity contribution in [2.24, 2.45) is 93.9 Å². The molecule has 12 rings (SSSR count). The largest absolute Gasteiger partial charge is 0.493 e. The van der Waals surface area contributed by atoms with Gasteiger partial charge in [0.05, 0.1) is 75.9 Å². The highest BCUT2D eigenvalue weighted by Crippen LogP contribution is 2.50. The van der Waals surface area contributed by atoms with Crippen LogP contribution in [-0.2, 0) is 63.6 Å². The second-order valence-corrected chi connectivity index (χ2v) is 30.6. The lowest BCUT2D eigenvalue weighted by Gasteiger charge is -2.47.